The largest absolute Gasteiger partial charge is 0.346 e. The third kappa shape index (κ3) is 4.96. The summed E-state index contributed by atoms with van der Waals surface area (Å²) in [4.78, 5) is 41.3. The number of carbonyl (C=O) groups excluding carboxylic acids is 3. The van der Waals surface area contributed by atoms with Crippen molar-refractivity contribution in [3.8, 4) is 0 Å². The highest BCUT2D eigenvalue weighted by Crippen LogP contribution is 2.22. The Kier molecular flexibility index (Phi) is 7.16. The normalized spacial score (nSPS) is 13.4. The highest BCUT2D eigenvalue weighted by Gasteiger charge is 2.29. The van der Waals surface area contributed by atoms with Gasteiger partial charge in [0.2, 0.25) is 5.91 Å². The van der Waals surface area contributed by atoms with Crippen molar-refractivity contribution >= 4 is 28.2 Å². The first-order chi connectivity index (χ1) is 12.9. The lowest BCUT2D eigenvalue weighted by atomic mass is 9.88. The molecular weight excluding hydrogens is 347 g/mol. The molecule has 2 unspecified atom stereocenters. The number of alkyl halides is 1. The van der Waals surface area contributed by atoms with E-state index in [1.54, 1.807) is 13.1 Å². The Morgan fingerprint density at radius 3 is 2.48 bits per heavy atom. The van der Waals surface area contributed by atoms with Gasteiger partial charge in [0.1, 0.15) is 12.4 Å². The summed E-state index contributed by atoms with van der Waals surface area (Å²) in [5.41, 5.74) is 0.332. The SMILES string of the molecule is CCC(NC(=O)C(CC(=O)c1nccc2ccccc12)C(C)C)C(=O)CF. The van der Waals surface area contributed by atoms with Gasteiger partial charge in [-0.2, -0.15) is 0 Å². The molecule has 1 aromatic heterocycles. The van der Waals surface area contributed by atoms with Crippen LogP contribution in [0.1, 0.15) is 44.1 Å². The van der Waals surface area contributed by atoms with Gasteiger partial charge in [-0.15, -0.1) is 0 Å². The summed E-state index contributed by atoms with van der Waals surface area (Å²) in [7, 11) is 0. The molecule has 1 heterocycles. The molecule has 2 rings (SSSR count). The molecule has 1 aromatic carbocycles. The van der Waals surface area contributed by atoms with Gasteiger partial charge in [0.25, 0.3) is 0 Å². The van der Waals surface area contributed by atoms with Crippen LogP contribution in [0.15, 0.2) is 36.5 Å². The van der Waals surface area contributed by atoms with Crippen molar-refractivity contribution in [2.75, 3.05) is 6.67 Å². The summed E-state index contributed by atoms with van der Waals surface area (Å²) >= 11 is 0. The van der Waals surface area contributed by atoms with Gasteiger partial charge in [-0.25, -0.2) is 4.39 Å². The number of hydrogen-bond acceptors (Lipinski definition) is 4. The van der Waals surface area contributed by atoms with Crippen LogP contribution in [0.4, 0.5) is 4.39 Å². The van der Waals surface area contributed by atoms with E-state index in [2.05, 4.69) is 10.3 Å². The van der Waals surface area contributed by atoms with Crippen LogP contribution in [0.25, 0.3) is 10.8 Å². The van der Waals surface area contributed by atoms with Crippen molar-refractivity contribution < 1.29 is 18.8 Å². The predicted molar refractivity (Wildman–Crippen MR) is 102 cm³/mol. The van der Waals surface area contributed by atoms with Gasteiger partial charge in [-0.05, 0) is 23.8 Å². The zero-order chi connectivity index (χ0) is 20.0. The van der Waals surface area contributed by atoms with Gasteiger partial charge in [0.15, 0.2) is 11.6 Å². The number of carbonyl (C=O) groups is 3. The highest BCUT2D eigenvalue weighted by molar-refractivity contribution is 6.07. The van der Waals surface area contributed by atoms with Crippen LogP contribution >= 0.6 is 0 Å². The summed E-state index contributed by atoms with van der Waals surface area (Å²) < 4.78 is 12.7. The Morgan fingerprint density at radius 1 is 1.15 bits per heavy atom. The van der Waals surface area contributed by atoms with Crippen molar-refractivity contribution in [2.45, 2.75) is 39.7 Å². The molecule has 1 N–H and O–H groups in total. The number of fused-ring (bicyclic) bond motifs is 1. The predicted octanol–water partition coefficient (Wildman–Crippen LogP) is 3.51. The van der Waals surface area contributed by atoms with Crippen LogP contribution in [0.2, 0.25) is 0 Å². The number of amides is 1. The number of pyridine rings is 1. The molecule has 0 aliphatic rings. The van der Waals surface area contributed by atoms with Crippen LogP contribution < -0.4 is 5.32 Å². The summed E-state index contributed by atoms with van der Waals surface area (Å²) in [6.45, 7) is 4.26. The molecule has 2 atom stereocenters. The van der Waals surface area contributed by atoms with Crippen molar-refractivity contribution in [1.82, 2.24) is 10.3 Å². The standard InChI is InChI=1S/C21H25FN2O3/c1-4-17(19(26)12-22)24-21(27)16(13(2)3)11-18(25)20-15-8-6-5-7-14(15)9-10-23-20/h5-10,13,16-17H,4,11-12H2,1-3H3,(H,24,27). The number of rotatable bonds is 9. The van der Waals surface area contributed by atoms with E-state index in [9.17, 15) is 18.8 Å². The number of halogens is 1. The monoisotopic (exact) mass is 372 g/mol. The van der Waals surface area contributed by atoms with Gasteiger partial charge in [-0.3, -0.25) is 19.4 Å². The van der Waals surface area contributed by atoms with E-state index in [1.807, 2.05) is 44.2 Å². The number of ketones is 2. The lowest BCUT2D eigenvalue weighted by molar-refractivity contribution is -0.131. The first-order valence-electron chi connectivity index (χ1n) is 9.15. The Morgan fingerprint density at radius 2 is 1.85 bits per heavy atom. The minimum atomic E-state index is -1.12. The van der Waals surface area contributed by atoms with Gasteiger partial charge < -0.3 is 5.32 Å². The van der Waals surface area contributed by atoms with Crippen molar-refractivity contribution in [2.24, 2.45) is 11.8 Å². The van der Waals surface area contributed by atoms with Crippen LogP contribution in [0.5, 0.6) is 0 Å². The van der Waals surface area contributed by atoms with Gasteiger partial charge in [0, 0.05) is 23.9 Å². The molecule has 0 saturated heterocycles. The fourth-order valence-electron chi connectivity index (χ4n) is 3.05. The summed E-state index contributed by atoms with van der Waals surface area (Å²) in [5, 5.41) is 4.24. The average Bonchev–Trinajstić information content (AvgIpc) is 2.68. The van der Waals surface area contributed by atoms with Crippen LogP contribution in [-0.2, 0) is 9.59 Å². The van der Waals surface area contributed by atoms with E-state index in [4.69, 9.17) is 0 Å². The van der Waals surface area contributed by atoms with Gasteiger partial charge in [0.05, 0.1) is 6.04 Å². The van der Waals surface area contributed by atoms with Crippen LogP contribution in [-0.4, -0.2) is 35.2 Å². The molecule has 6 heteroatoms. The molecule has 0 radical (unpaired) electrons. The molecule has 5 nitrogen and oxygen atoms in total. The second-order valence-electron chi connectivity index (χ2n) is 6.93. The van der Waals surface area contributed by atoms with Crippen molar-refractivity contribution in [1.29, 1.82) is 0 Å². The maximum Gasteiger partial charge on any atom is 0.224 e. The first kappa shape index (κ1) is 20.7. The fourth-order valence-corrected chi connectivity index (χ4v) is 3.05. The van der Waals surface area contributed by atoms with Gasteiger partial charge >= 0.3 is 0 Å². The highest BCUT2D eigenvalue weighted by atomic mass is 19.1. The molecule has 0 spiro atoms. The quantitative estimate of drug-likeness (QED) is 0.684. The third-order valence-corrected chi connectivity index (χ3v) is 4.73. The maximum absolute atomic E-state index is 12.9. The lowest BCUT2D eigenvalue weighted by Gasteiger charge is -2.23. The summed E-state index contributed by atoms with van der Waals surface area (Å²) in [6, 6.07) is 8.40. The van der Waals surface area contributed by atoms with E-state index in [1.165, 1.54) is 0 Å². The second-order valence-corrected chi connectivity index (χ2v) is 6.93. The minimum absolute atomic E-state index is 0.0231. The molecule has 2 aromatic rings. The Balaban J connectivity index is 2.21. The molecule has 144 valence electrons. The molecule has 0 aliphatic heterocycles. The van der Waals surface area contributed by atoms with E-state index in [-0.39, 0.29) is 18.1 Å². The van der Waals surface area contributed by atoms with E-state index >= 15 is 0 Å². The Bertz CT molecular complexity index is 830. The third-order valence-electron chi connectivity index (χ3n) is 4.73. The smallest absolute Gasteiger partial charge is 0.224 e. The topological polar surface area (TPSA) is 76.1 Å². The number of Topliss-reactive ketones (excluding diaryl/α,β-unsaturated/α-hetero) is 2. The zero-order valence-electron chi connectivity index (χ0n) is 15.9. The van der Waals surface area contributed by atoms with E-state index in [0.717, 1.165) is 10.8 Å². The number of aromatic nitrogens is 1. The van der Waals surface area contributed by atoms with Gasteiger partial charge in [-0.1, -0.05) is 45.0 Å². The average molecular weight is 372 g/mol. The van der Waals surface area contributed by atoms with E-state index < -0.39 is 30.3 Å². The molecule has 0 saturated carbocycles. The number of benzene rings is 1. The minimum Gasteiger partial charge on any atom is -0.346 e. The first-order valence-corrected chi connectivity index (χ1v) is 9.15. The van der Waals surface area contributed by atoms with Crippen molar-refractivity contribution in [3.05, 3.63) is 42.2 Å². The Hall–Kier alpha value is -2.63. The number of hydrogen-bond donors (Lipinski definition) is 1. The Labute approximate surface area is 158 Å². The maximum atomic E-state index is 12.9. The molecule has 1 amide bonds. The molecule has 27 heavy (non-hydrogen) atoms. The number of nitrogens with zero attached hydrogens (tertiary/aromatic N) is 1. The molecule has 0 aliphatic carbocycles. The molecule has 0 bridgehead atoms. The molecule has 0 fully saturated rings. The molecular formula is C21H25FN2O3. The van der Waals surface area contributed by atoms with Crippen LogP contribution in [0, 0.1) is 11.8 Å². The lowest BCUT2D eigenvalue weighted by Crippen LogP contribution is -2.45. The fraction of sp³-hybridized carbons (Fsp3) is 0.429. The summed E-state index contributed by atoms with van der Waals surface area (Å²) in [6.07, 6.45) is 1.86. The number of nitrogens with one attached hydrogen (secondary N) is 1. The van der Waals surface area contributed by atoms with Crippen LogP contribution in [0.3, 0.4) is 0 Å². The zero-order valence-corrected chi connectivity index (χ0v) is 15.9. The van der Waals surface area contributed by atoms with Crippen molar-refractivity contribution in [3.63, 3.8) is 0 Å². The summed E-state index contributed by atoms with van der Waals surface area (Å²) in [5.74, 6) is -2.05. The second kappa shape index (κ2) is 9.35. The van der Waals surface area contributed by atoms with E-state index in [0.29, 0.717) is 12.1 Å².